The number of nitrogens with one attached hydrogen (secondary N) is 2. The Balaban J connectivity index is 1.37. The van der Waals surface area contributed by atoms with Crippen LogP contribution in [0.15, 0.2) is 42.3 Å². The second kappa shape index (κ2) is 11.3. The summed E-state index contributed by atoms with van der Waals surface area (Å²) < 4.78 is 1.98. The third-order valence-corrected chi connectivity index (χ3v) is 6.99. The molecule has 4 rings (SSSR count). The number of hydrogen-bond donors (Lipinski definition) is 2. The van der Waals surface area contributed by atoms with E-state index in [2.05, 4.69) is 15.6 Å². The molecule has 3 amide bonds. The maximum Gasteiger partial charge on any atom is 0.266 e. The van der Waals surface area contributed by atoms with Crippen LogP contribution in [0, 0.1) is 6.92 Å². The molecule has 4 heterocycles. The summed E-state index contributed by atoms with van der Waals surface area (Å²) in [6.45, 7) is 5.86. The van der Waals surface area contributed by atoms with Gasteiger partial charge in [0.05, 0.1) is 23.3 Å². The highest BCUT2D eigenvalue weighted by Gasteiger charge is 2.29. The zero-order chi connectivity index (χ0) is 24.8. The van der Waals surface area contributed by atoms with Crippen molar-refractivity contribution in [2.45, 2.75) is 45.6 Å². The molecule has 0 saturated carbocycles. The Bertz CT molecular complexity index is 1180. The van der Waals surface area contributed by atoms with Crippen molar-refractivity contribution in [1.29, 1.82) is 0 Å². The fourth-order valence-corrected chi connectivity index (χ4v) is 5.14. The number of rotatable bonds is 8. The van der Waals surface area contributed by atoms with E-state index in [0.29, 0.717) is 35.8 Å². The first-order chi connectivity index (χ1) is 16.9. The van der Waals surface area contributed by atoms with E-state index in [4.69, 9.17) is 4.98 Å². The highest BCUT2D eigenvalue weighted by atomic mass is 32.1. The minimum atomic E-state index is -0.200. The van der Waals surface area contributed by atoms with Crippen molar-refractivity contribution in [1.82, 2.24) is 24.8 Å². The Hall–Kier alpha value is -3.53. The predicted octanol–water partition coefficient (Wildman–Crippen LogP) is 3.45. The molecule has 1 aliphatic rings. The summed E-state index contributed by atoms with van der Waals surface area (Å²) in [6.07, 6.45) is 7.67. The first kappa shape index (κ1) is 24.6. The Morgan fingerprint density at radius 3 is 2.69 bits per heavy atom. The van der Waals surface area contributed by atoms with Gasteiger partial charge in [0.1, 0.15) is 4.88 Å². The Morgan fingerprint density at radius 2 is 1.97 bits per heavy atom. The van der Waals surface area contributed by atoms with E-state index in [9.17, 15) is 14.4 Å². The predicted molar refractivity (Wildman–Crippen MR) is 135 cm³/mol. The second-order valence-electron chi connectivity index (χ2n) is 8.71. The van der Waals surface area contributed by atoms with E-state index in [0.717, 1.165) is 37.2 Å². The number of imidazole rings is 1. The van der Waals surface area contributed by atoms with Crippen molar-refractivity contribution in [2.75, 3.05) is 25.0 Å². The Labute approximate surface area is 208 Å². The van der Waals surface area contributed by atoms with E-state index in [1.54, 1.807) is 18.6 Å². The molecular formula is C25H30N6O3S. The number of amides is 3. The van der Waals surface area contributed by atoms with E-state index in [1.807, 2.05) is 40.1 Å². The number of hydrogen-bond acceptors (Lipinski definition) is 6. The van der Waals surface area contributed by atoms with Crippen molar-refractivity contribution in [3.63, 3.8) is 0 Å². The molecule has 35 heavy (non-hydrogen) atoms. The van der Waals surface area contributed by atoms with Crippen LogP contribution < -0.4 is 10.6 Å². The number of pyridine rings is 1. The van der Waals surface area contributed by atoms with Crippen LogP contribution in [0.3, 0.4) is 0 Å². The molecule has 1 fully saturated rings. The SMILES string of the molecule is CC(=O)Nc1ccsc1C(=O)N1CCC(c2nc(C)ccc2C(=O)NCCCn2ccnc2)CC1. The molecule has 0 radical (unpaired) electrons. The summed E-state index contributed by atoms with van der Waals surface area (Å²) in [7, 11) is 0. The maximum atomic E-state index is 13.1. The number of likely N-dealkylation sites (tertiary alicyclic amines) is 1. The molecule has 0 atom stereocenters. The van der Waals surface area contributed by atoms with Crippen LogP contribution in [0.5, 0.6) is 0 Å². The average Bonchev–Trinajstić information content (AvgIpc) is 3.53. The molecule has 0 aromatic carbocycles. The van der Waals surface area contributed by atoms with E-state index in [-0.39, 0.29) is 23.6 Å². The highest BCUT2D eigenvalue weighted by Crippen LogP contribution is 2.32. The lowest BCUT2D eigenvalue weighted by Gasteiger charge is -2.32. The Morgan fingerprint density at radius 1 is 1.17 bits per heavy atom. The van der Waals surface area contributed by atoms with Crippen molar-refractivity contribution >= 4 is 34.7 Å². The van der Waals surface area contributed by atoms with Crippen LogP contribution in [-0.2, 0) is 11.3 Å². The van der Waals surface area contributed by atoms with Crippen LogP contribution >= 0.6 is 11.3 Å². The summed E-state index contributed by atoms with van der Waals surface area (Å²) in [4.78, 5) is 48.6. The van der Waals surface area contributed by atoms with Gasteiger partial charge in [-0.25, -0.2) is 4.98 Å². The zero-order valence-corrected chi connectivity index (χ0v) is 20.8. The second-order valence-corrected chi connectivity index (χ2v) is 9.62. The van der Waals surface area contributed by atoms with Crippen molar-refractivity contribution in [3.05, 3.63) is 64.1 Å². The fraction of sp³-hybridized carbons (Fsp3) is 0.400. The lowest BCUT2D eigenvalue weighted by molar-refractivity contribution is -0.114. The topological polar surface area (TPSA) is 109 Å². The Kier molecular flexibility index (Phi) is 7.91. The number of nitrogens with zero attached hydrogens (tertiary/aromatic N) is 4. The van der Waals surface area contributed by atoms with Gasteiger partial charge < -0.3 is 20.1 Å². The standard InChI is InChI=1S/C25H30N6O3S/c1-17-4-5-20(24(33)27-9-3-11-30-14-10-26-16-30)22(28-17)19-6-12-31(13-7-19)25(34)23-21(8-15-35-23)29-18(2)32/h4-5,8,10,14-16,19H,3,6-7,9,11-13H2,1-2H3,(H,27,33)(H,29,32). The van der Waals surface area contributed by atoms with Gasteiger partial charge >= 0.3 is 0 Å². The molecule has 10 heteroatoms. The molecule has 9 nitrogen and oxygen atoms in total. The summed E-state index contributed by atoms with van der Waals surface area (Å²) in [5, 5.41) is 7.55. The summed E-state index contributed by atoms with van der Waals surface area (Å²) >= 11 is 1.33. The molecule has 184 valence electrons. The molecule has 1 saturated heterocycles. The molecule has 1 aliphatic heterocycles. The minimum Gasteiger partial charge on any atom is -0.352 e. The monoisotopic (exact) mass is 494 g/mol. The summed E-state index contributed by atoms with van der Waals surface area (Å²) in [5.41, 5.74) is 2.84. The highest BCUT2D eigenvalue weighted by molar-refractivity contribution is 7.12. The number of aryl methyl sites for hydroxylation is 2. The number of piperidine rings is 1. The molecular weight excluding hydrogens is 464 g/mol. The minimum absolute atomic E-state index is 0.0738. The third kappa shape index (κ3) is 6.13. The van der Waals surface area contributed by atoms with Gasteiger partial charge in [0.15, 0.2) is 0 Å². The third-order valence-electron chi connectivity index (χ3n) is 6.09. The van der Waals surface area contributed by atoms with Gasteiger partial charge in [-0.1, -0.05) is 0 Å². The van der Waals surface area contributed by atoms with Gasteiger partial charge in [0.25, 0.3) is 11.8 Å². The molecule has 0 aliphatic carbocycles. The normalized spacial score (nSPS) is 14.1. The lowest BCUT2D eigenvalue weighted by Crippen LogP contribution is -2.38. The van der Waals surface area contributed by atoms with Crippen LogP contribution in [0.25, 0.3) is 0 Å². The maximum absolute atomic E-state index is 13.1. The zero-order valence-electron chi connectivity index (χ0n) is 20.0. The number of carbonyl (C=O) groups is 3. The summed E-state index contributed by atoms with van der Waals surface area (Å²) in [5.74, 6) is -0.288. The molecule has 3 aromatic rings. The van der Waals surface area contributed by atoms with E-state index >= 15 is 0 Å². The van der Waals surface area contributed by atoms with Crippen LogP contribution in [-0.4, -0.2) is 56.8 Å². The molecule has 2 N–H and O–H groups in total. The van der Waals surface area contributed by atoms with Gasteiger partial charge in [-0.2, -0.15) is 0 Å². The van der Waals surface area contributed by atoms with Crippen LogP contribution in [0.4, 0.5) is 5.69 Å². The van der Waals surface area contributed by atoms with Crippen molar-refractivity contribution in [3.8, 4) is 0 Å². The average molecular weight is 495 g/mol. The molecule has 0 unspecified atom stereocenters. The van der Waals surface area contributed by atoms with Gasteiger partial charge in [-0.3, -0.25) is 19.4 Å². The first-order valence-corrected chi connectivity index (χ1v) is 12.7. The number of thiophene rings is 1. The number of anilines is 1. The van der Waals surface area contributed by atoms with Crippen molar-refractivity contribution in [2.24, 2.45) is 0 Å². The van der Waals surface area contributed by atoms with Gasteiger partial charge in [0, 0.05) is 57.1 Å². The van der Waals surface area contributed by atoms with E-state index < -0.39 is 0 Å². The smallest absolute Gasteiger partial charge is 0.266 e. The molecule has 3 aromatic heterocycles. The van der Waals surface area contributed by atoms with Gasteiger partial charge in [-0.05, 0) is 49.8 Å². The van der Waals surface area contributed by atoms with E-state index in [1.165, 1.54) is 18.3 Å². The number of carbonyl (C=O) groups excluding carboxylic acids is 3. The molecule has 0 spiro atoms. The quantitative estimate of drug-likeness (QED) is 0.466. The van der Waals surface area contributed by atoms with Gasteiger partial charge in [-0.15, -0.1) is 11.3 Å². The largest absolute Gasteiger partial charge is 0.352 e. The summed E-state index contributed by atoms with van der Waals surface area (Å²) in [6, 6.07) is 5.47. The fourth-order valence-electron chi connectivity index (χ4n) is 4.32. The molecule has 0 bridgehead atoms. The number of aromatic nitrogens is 3. The lowest BCUT2D eigenvalue weighted by atomic mass is 9.89. The van der Waals surface area contributed by atoms with Crippen molar-refractivity contribution < 1.29 is 14.4 Å². The van der Waals surface area contributed by atoms with Crippen LogP contribution in [0.1, 0.15) is 63.5 Å². The van der Waals surface area contributed by atoms with Crippen LogP contribution in [0.2, 0.25) is 0 Å². The first-order valence-electron chi connectivity index (χ1n) is 11.8. The van der Waals surface area contributed by atoms with Gasteiger partial charge in [0.2, 0.25) is 5.91 Å².